The first-order valence-electron chi connectivity index (χ1n) is 13.2. The second-order valence-corrected chi connectivity index (χ2v) is 13.1. The number of carbonyl (C=O) groups excluding carboxylic acids is 4. The number of nitrogens with zero attached hydrogens (tertiary/aromatic N) is 2. The van der Waals surface area contributed by atoms with E-state index in [1.165, 1.54) is 6.07 Å². The van der Waals surface area contributed by atoms with E-state index >= 15 is 0 Å². The zero-order valence-electron chi connectivity index (χ0n) is 21.3. The van der Waals surface area contributed by atoms with Gasteiger partial charge in [0.2, 0.25) is 11.8 Å². The highest BCUT2D eigenvalue weighted by molar-refractivity contribution is 7.92. The number of sulfone groups is 1. The average Bonchev–Trinajstić information content (AvgIpc) is 3.75. The summed E-state index contributed by atoms with van der Waals surface area (Å²) < 4.78 is 24.9. The topological polar surface area (TPSA) is 141 Å². The molecule has 3 fully saturated rings. The van der Waals surface area contributed by atoms with Crippen LogP contribution in [0.1, 0.15) is 70.4 Å². The van der Waals surface area contributed by atoms with E-state index < -0.39 is 45.1 Å². The van der Waals surface area contributed by atoms with Crippen LogP contribution in [0, 0.1) is 0 Å². The normalized spacial score (nSPS) is 23.6. The quantitative estimate of drug-likeness (QED) is 0.515. The molecule has 1 aliphatic carbocycles. The highest BCUT2D eigenvalue weighted by Gasteiger charge is 2.45. The standard InChI is InChI=1S/C28H29N3O7S/c32-24-10-9-23(25(33)29-24)31-26(34)21-8-3-18(15-22(21)27(31)35)28(36)11-13-30(14-12-28)16-17-1-4-19(5-2-17)39(37,38)20-6-7-20/h1-5,8,15,20,23,36H,6-7,9-14,16H2,(H,29,32,33). The molecule has 6 rings (SSSR count). The molecule has 0 spiro atoms. The zero-order chi connectivity index (χ0) is 27.5. The van der Waals surface area contributed by atoms with Crippen LogP contribution in [0.2, 0.25) is 0 Å². The highest BCUT2D eigenvalue weighted by atomic mass is 32.2. The molecule has 1 saturated carbocycles. The third-order valence-electron chi connectivity index (χ3n) is 8.28. The van der Waals surface area contributed by atoms with E-state index in [1.54, 1.807) is 24.3 Å². The molecule has 3 aliphatic heterocycles. The molecule has 4 aliphatic rings. The fourth-order valence-electron chi connectivity index (χ4n) is 5.74. The number of hydrogen-bond donors (Lipinski definition) is 2. The Morgan fingerprint density at radius 3 is 2.21 bits per heavy atom. The average molecular weight is 552 g/mol. The number of benzene rings is 2. The van der Waals surface area contributed by atoms with Gasteiger partial charge in [0.25, 0.3) is 11.8 Å². The van der Waals surface area contributed by atoms with Gasteiger partial charge >= 0.3 is 0 Å². The molecular formula is C28H29N3O7S. The largest absolute Gasteiger partial charge is 0.385 e. The van der Waals surface area contributed by atoms with Crippen molar-refractivity contribution in [3.63, 3.8) is 0 Å². The molecule has 0 radical (unpaired) electrons. The molecule has 10 nitrogen and oxygen atoms in total. The summed E-state index contributed by atoms with van der Waals surface area (Å²) in [6.07, 6.45) is 2.43. The minimum absolute atomic E-state index is 0.0506. The molecule has 4 amide bonds. The number of nitrogens with one attached hydrogen (secondary N) is 1. The molecule has 2 saturated heterocycles. The molecule has 0 bridgehead atoms. The van der Waals surface area contributed by atoms with Gasteiger partial charge in [-0.05, 0) is 67.5 Å². The van der Waals surface area contributed by atoms with Gasteiger partial charge in [-0.25, -0.2) is 8.42 Å². The Balaban J connectivity index is 1.12. The number of hydrogen-bond acceptors (Lipinski definition) is 8. The van der Waals surface area contributed by atoms with E-state index in [1.807, 2.05) is 12.1 Å². The molecule has 0 aromatic heterocycles. The molecule has 2 N–H and O–H groups in total. The molecule has 204 valence electrons. The van der Waals surface area contributed by atoms with Gasteiger partial charge in [0.05, 0.1) is 26.9 Å². The number of fused-ring (bicyclic) bond motifs is 1. The lowest BCUT2D eigenvalue weighted by Crippen LogP contribution is -2.54. The van der Waals surface area contributed by atoms with Crippen molar-refractivity contribution >= 4 is 33.5 Å². The van der Waals surface area contributed by atoms with E-state index in [0.29, 0.717) is 42.9 Å². The minimum Gasteiger partial charge on any atom is -0.385 e. The zero-order valence-corrected chi connectivity index (χ0v) is 22.1. The summed E-state index contributed by atoms with van der Waals surface area (Å²) in [5.41, 5.74) is 0.687. The number of carbonyl (C=O) groups is 4. The summed E-state index contributed by atoms with van der Waals surface area (Å²) >= 11 is 0. The number of piperidine rings is 2. The first-order chi connectivity index (χ1) is 18.6. The highest BCUT2D eigenvalue weighted by Crippen LogP contribution is 2.37. The number of aliphatic hydroxyl groups is 1. The second-order valence-electron chi connectivity index (χ2n) is 10.9. The monoisotopic (exact) mass is 551 g/mol. The Hall–Kier alpha value is -3.41. The lowest BCUT2D eigenvalue weighted by molar-refractivity contribution is -0.136. The number of amides is 4. The van der Waals surface area contributed by atoms with Gasteiger partial charge in [0.15, 0.2) is 9.84 Å². The predicted octanol–water partition coefficient (Wildman–Crippen LogP) is 1.51. The summed E-state index contributed by atoms with van der Waals surface area (Å²) in [6, 6.07) is 10.7. The van der Waals surface area contributed by atoms with Gasteiger partial charge in [-0.2, -0.15) is 0 Å². The van der Waals surface area contributed by atoms with Crippen molar-refractivity contribution in [1.82, 2.24) is 15.1 Å². The molecule has 1 unspecified atom stereocenters. The molecule has 11 heteroatoms. The predicted molar refractivity (Wildman–Crippen MR) is 138 cm³/mol. The third-order valence-corrected chi connectivity index (χ3v) is 10.6. The fraction of sp³-hybridized carbons (Fsp3) is 0.429. The maximum absolute atomic E-state index is 13.2. The van der Waals surface area contributed by atoms with Crippen molar-refractivity contribution in [2.24, 2.45) is 0 Å². The number of likely N-dealkylation sites (tertiary alicyclic amines) is 1. The van der Waals surface area contributed by atoms with E-state index in [2.05, 4.69) is 10.2 Å². The molecule has 2 aromatic rings. The van der Waals surface area contributed by atoms with Crippen molar-refractivity contribution < 1.29 is 32.7 Å². The van der Waals surface area contributed by atoms with Gasteiger partial charge in [-0.1, -0.05) is 18.2 Å². The lowest BCUT2D eigenvalue weighted by atomic mass is 9.83. The third kappa shape index (κ3) is 4.58. The fourth-order valence-corrected chi connectivity index (χ4v) is 7.40. The van der Waals surface area contributed by atoms with Gasteiger partial charge < -0.3 is 5.11 Å². The summed E-state index contributed by atoms with van der Waals surface area (Å²) in [4.78, 5) is 53.4. The van der Waals surface area contributed by atoms with Crippen LogP contribution < -0.4 is 5.32 Å². The van der Waals surface area contributed by atoms with Gasteiger partial charge in [-0.15, -0.1) is 0 Å². The van der Waals surface area contributed by atoms with Crippen LogP contribution in [0.5, 0.6) is 0 Å². The van der Waals surface area contributed by atoms with Crippen molar-refractivity contribution in [3.8, 4) is 0 Å². The van der Waals surface area contributed by atoms with Crippen LogP contribution in [0.4, 0.5) is 0 Å². The Morgan fingerprint density at radius 1 is 0.897 bits per heavy atom. The summed E-state index contributed by atoms with van der Waals surface area (Å²) in [5.74, 6) is -2.26. The smallest absolute Gasteiger partial charge is 0.262 e. The van der Waals surface area contributed by atoms with Crippen LogP contribution in [0.25, 0.3) is 0 Å². The van der Waals surface area contributed by atoms with Crippen molar-refractivity contribution in [3.05, 3.63) is 64.7 Å². The van der Waals surface area contributed by atoms with Crippen LogP contribution in [0.3, 0.4) is 0 Å². The molecular weight excluding hydrogens is 522 g/mol. The van der Waals surface area contributed by atoms with Gasteiger partial charge in [-0.3, -0.25) is 34.3 Å². The van der Waals surface area contributed by atoms with Gasteiger partial charge in [0.1, 0.15) is 6.04 Å². The first-order valence-corrected chi connectivity index (χ1v) is 14.8. The van der Waals surface area contributed by atoms with Crippen LogP contribution in [-0.4, -0.2) is 71.3 Å². The number of rotatable bonds is 6. The van der Waals surface area contributed by atoms with Gasteiger partial charge in [0, 0.05) is 26.1 Å². The summed E-state index contributed by atoms with van der Waals surface area (Å²) in [7, 11) is -3.22. The Morgan fingerprint density at radius 2 is 1.56 bits per heavy atom. The maximum atomic E-state index is 13.2. The van der Waals surface area contributed by atoms with Crippen LogP contribution in [-0.2, 0) is 31.6 Å². The molecule has 1 atom stereocenters. The van der Waals surface area contributed by atoms with Crippen molar-refractivity contribution in [2.75, 3.05) is 13.1 Å². The van der Waals surface area contributed by atoms with Crippen LogP contribution >= 0.6 is 0 Å². The van der Waals surface area contributed by atoms with Crippen molar-refractivity contribution in [2.45, 2.75) is 66.9 Å². The Bertz CT molecular complexity index is 1490. The number of imide groups is 2. The van der Waals surface area contributed by atoms with Crippen molar-refractivity contribution in [1.29, 1.82) is 0 Å². The van der Waals surface area contributed by atoms with E-state index in [4.69, 9.17) is 0 Å². The SMILES string of the molecule is O=C1CCC(N2C(=O)c3ccc(C4(O)CCN(Cc5ccc(S(=O)(=O)C6CC6)cc5)CC4)cc3C2=O)C(=O)N1. The van der Waals surface area contributed by atoms with E-state index in [-0.39, 0.29) is 29.2 Å². The Kier molecular flexibility index (Phi) is 6.20. The van der Waals surface area contributed by atoms with E-state index in [9.17, 15) is 32.7 Å². The molecule has 3 heterocycles. The summed E-state index contributed by atoms with van der Waals surface area (Å²) in [5, 5.41) is 13.4. The summed E-state index contributed by atoms with van der Waals surface area (Å²) in [6.45, 7) is 1.80. The molecule has 39 heavy (non-hydrogen) atoms. The Labute approximate surface area is 225 Å². The maximum Gasteiger partial charge on any atom is 0.262 e. The molecule has 2 aromatic carbocycles. The second kappa shape index (κ2) is 9.35. The first kappa shape index (κ1) is 25.8. The van der Waals surface area contributed by atoms with Crippen LogP contribution in [0.15, 0.2) is 47.4 Å². The lowest BCUT2D eigenvalue weighted by Gasteiger charge is -2.38. The minimum atomic E-state index is -3.22. The van der Waals surface area contributed by atoms with E-state index in [0.717, 1.165) is 23.3 Å².